The van der Waals surface area contributed by atoms with Crippen LogP contribution in [0.2, 0.25) is 0 Å². The molecular formula is C19H21FN2OS. The van der Waals surface area contributed by atoms with Gasteiger partial charge in [-0.2, -0.15) is 0 Å². The first-order chi connectivity index (χ1) is 11.5. The van der Waals surface area contributed by atoms with Gasteiger partial charge >= 0.3 is 0 Å². The maximum Gasteiger partial charge on any atom is 0.246 e. The Morgan fingerprint density at radius 1 is 1.33 bits per heavy atom. The Morgan fingerprint density at radius 3 is 2.92 bits per heavy atom. The zero-order valence-corrected chi connectivity index (χ0v) is 14.7. The molecule has 0 saturated heterocycles. The summed E-state index contributed by atoms with van der Waals surface area (Å²) in [4.78, 5) is 15.7. The molecule has 0 bridgehead atoms. The Balaban J connectivity index is 1.73. The summed E-state index contributed by atoms with van der Waals surface area (Å²) in [7, 11) is 0. The molecule has 1 N–H and O–H groups in total. The first kappa shape index (κ1) is 16.8. The van der Waals surface area contributed by atoms with Crippen LogP contribution in [0.5, 0.6) is 0 Å². The number of anilines is 2. The molecule has 0 unspecified atom stereocenters. The van der Waals surface area contributed by atoms with Crippen LogP contribution in [0.4, 0.5) is 15.8 Å². The zero-order chi connectivity index (χ0) is 17.1. The second kappa shape index (κ2) is 7.26. The minimum atomic E-state index is -0.266. The van der Waals surface area contributed by atoms with E-state index in [1.165, 1.54) is 6.07 Å². The molecule has 0 radical (unpaired) electrons. The van der Waals surface area contributed by atoms with Gasteiger partial charge in [-0.3, -0.25) is 4.79 Å². The van der Waals surface area contributed by atoms with Crippen molar-refractivity contribution >= 4 is 29.0 Å². The highest BCUT2D eigenvalue weighted by molar-refractivity contribution is 8.00. The topological polar surface area (TPSA) is 32.3 Å². The smallest absolute Gasteiger partial charge is 0.246 e. The van der Waals surface area contributed by atoms with Crippen LogP contribution < -0.4 is 10.2 Å². The van der Waals surface area contributed by atoms with E-state index in [1.54, 1.807) is 19.1 Å². The number of fused-ring (bicyclic) bond motifs is 1. The van der Waals surface area contributed by atoms with Crippen LogP contribution >= 0.6 is 11.8 Å². The van der Waals surface area contributed by atoms with Crippen LogP contribution in [0.15, 0.2) is 47.4 Å². The summed E-state index contributed by atoms with van der Waals surface area (Å²) in [6.45, 7) is 4.75. The van der Waals surface area contributed by atoms with Crippen molar-refractivity contribution in [2.24, 2.45) is 0 Å². The number of para-hydroxylation sites is 1. The number of hydrogen-bond acceptors (Lipinski definition) is 3. The van der Waals surface area contributed by atoms with Gasteiger partial charge in [-0.15, -0.1) is 11.8 Å². The molecule has 24 heavy (non-hydrogen) atoms. The van der Waals surface area contributed by atoms with E-state index < -0.39 is 0 Å². The molecule has 1 amide bonds. The zero-order valence-electron chi connectivity index (χ0n) is 13.9. The van der Waals surface area contributed by atoms with Gasteiger partial charge in [-0.1, -0.05) is 25.1 Å². The lowest BCUT2D eigenvalue weighted by Crippen LogP contribution is -2.36. The molecule has 0 aromatic heterocycles. The number of thioether (sulfide) groups is 1. The van der Waals surface area contributed by atoms with Crippen LogP contribution in [0, 0.1) is 12.7 Å². The van der Waals surface area contributed by atoms with E-state index in [9.17, 15) is 9.18 Å². The number of rotatable bonds is 3. The van der Waals surface area contributed by atoms with Crippen molar-refractivity contribution in [3.8, 4) is 0 Å². The van der Waals surface area contributed by atoms with Crippen molar-refractivity contribution in [2.45, 2.75) is 30.4 Å². The number of hydrogen-bond donors (Lipinski definition) is 1. The first-order valence-corrected chi connectivity index (χ1v) is 8.98. The standard InChI is InChI=1S/C19H21FN2OS/c1-13-7-8-15(11-16(13)20)21-12-19(23)22-10-9-14(2)24-18-6-4-3-5-17(18)22/h3-8,11,14,21H,9-10,12H2,1-2H3/t14-/m0/s1. The number of nitrogens with one attached hydrogen (secondary N) is 1. The summed E-state index contributed by atoms with van der Waals surface area (Å²) in [5.41, 5.74) is 2.19. The van der Waals surface area contributed by atoms with Gasteiger partial charge in [0.1, 0.15) is 5.82 Å². The second-order valence-electron chi connectivity index (χ2n) is 6.05. The SMILES string of the molecule is Cc1ccc(NCC(=O)N2CC[C@H](C)Sc3ccccc32)cc1F. The monoisotopic (exact) mass is 344 g/mol. The molecule has 0 aliphatic carbocycles. The molecule has 1 heterocycles. The fraction of sp³-hybridized carbons (Fsp3) is 0.316. The summed E-state index contributed by atoms with van der Waals surface area (Å²) in [6.07, 6.45) is 0.949. The number of amides is 1. The molecule has 1 aliphatic heterocycles. The van der Waals surface area contributed by atoms with Gasteiger partial charge in [0.2, 0.25) is 5.91 Å². The van der Waals surface area contributed by atoms with Crippen molar-refractivity contribution < 1.29 is 9.18 Å². The van der Waals surface area contributed by atoms with E-state index in [0.717, 1.165) is 17.0 Å². The van der Waals surface area contributed by atoms with Crippen molar-refractivity contribution in [1.82, 2.24) is 0 Å². The molecule has 3 nitrogen and oxygen atoms in total. The highest BCUT2D eigenvalue weighted by atomic mass is 32.2. The molecular weight excluding hydrogens is 323 g/mol. The quantitative estimate of drug-likeness (QED) is 0.892. The van der Waals surface area contributed by atoms with Crippen LogP contribution in [-0.4, -0.2) is 24.2 Å². The number of aryl methyl sites for hydroxylation is 1. The molecule has 3 rings (SSSR count). The highest BCUT2D eigenvalue weighted by Gasteiger charge is 2.23. The third-order valence-electron chi connectivity index (χ3n) is 4.16. The summed E-state index contributed by atoms with van der Waals surface area (Å²) >= 11 is 1.81. The number of carbonyl (C=O) groups is 1. The van der Waals surface area contributed by atoms with Gasteiger partial charge in [-0.25, -0.2) is 4.39 Å². The average Bonchev–Trinajstić information content (AvgIpc) is 2.74. The number of nitrogens with zero attached hydrogens (tertiary/aromatic N) is 1. The van der Waals surface area contributed by atoms with Crippen molar-refractivity contribution in [1.29, 1.82) is 0 Å². The van der Waals surface area contributed by atoms with Gasteiger partial charge in [-0.05, 0) is 43.2 Å². The molecule has 2 aromatic rings. The largest absolute Gasteiger partial charge is 0.376 e. The lowest BCUT2D eigenvalue weighted by Gasteiger charge is -2.23. The second-order valence-corrected chi connectivity index (χ2v) is 7.53. The summed E-state index contributed by atoms with van der Waals surface area (Å²) in [5, 5.41) is 3.51. The van der Waals surface area contributed by atoms with E-state index in [4.69, 9.17) is 0 Å². The van der Waals surface area contributed by atoms with E-state index in [-0.39, 0.29) is 18.3 Å². The molecule has 126 valence electrons. The first-order valence-electron chi connectivity index (χ1n) is 8.10. The summed E-state index contributed by atoms with van der Waals surface area (Å²) < 4.78 is 13.6. The predicted octanol–water partition coefficient (Wildman–Crippen LogP) is 4.46. The minimum Gasteiger partial charge on any atom is -0.376 e. The molecule has 5 heteroatoms. The molecule has 1 aliphatic rings. The Labute approximate surface area is 146 Å². The fourth-order valence-corrected chi connectivity index (χ4v) is 3.83. The van der Waals surface area contributed by atoms with Crippen molar-refractivity contribution in [3.05, 3.63) is 53.8 Å². The predicted molar refractivity (Wildman–Crippen MR) is 98.4 cm³/mol. The highest BCUT2D eigenvalue weighted by Crippen LogP contribution is 2.37. The Bertz CT molecular complexity index is 750. The average molecular weight is 344 g/mol. The van der Waals surface area contributed by atoms with Crippen molar-refractivity contribution in [3.63, 3.8) is 0 Å². The van der Waals surface area contributed by atoms with Gasteiger partial charge in [0.05, 0.1) is 12.2 Å². The summed E-state index contributed by atoms with van der Waals surface area (Å²) in [6, 6.07) is 12.9. The lowest BCUT2D eigenvalue weighted by atomic mass is 10.2. The van der Waals surface area contributed by atoms with E-state index >= 15 is 0 Å². The lowest BCUT2D eigenvalue weighted by molar-refractivity contribution is -0.117. The molecule has 0 spiro atoms. The van der Waals surface area contributed by atoms with Crippen LogP contribution in [0.3, 0.4) is 0 Å². The van der Waals surface area contributed by atoms with Gasteiger partial charge in [0.25, 0.3) is 0 Å². The Hall–Kier alpha value is -2.01. The molecule has 0 saturated carbocycles. The van der Waals surface area contributed by atoms with E-state index in [1.807, 2.05) is 34.9 Å². The van der Waals surface area contributed by atoms with E-state index in [2.05, 4.69) is 18.3 Å². The fourth-order valence-electron chi connectivity index (χ4n) is 2.72. The molecule has 2 aromatic carbocycles. The van der Waals surface area contributed by atoms with Gasteiger partial charge in [0.15, 0.2) is 0 Å². The normalized spacial score (nSPS) is 17.1. The third-order valence-corrected chi connectivity index (χ3v) is 5.40. The number of halogens is 1. The van der Waals surface area contributed by atoms with Gasteiger partial charge in [0, 0.05) is 22.4 Å². The number of benzene rings is 2. The number of carbonyl (C=O) groups excluding carboxylic acids is 1. The van der Waals surface area contributed by atoms with Gasteiger partial charge < -0.3 is 10.2 Å². The molecule has 0 fully saturated rings. The summed E-state index contributed by atoms with van der Waals surface area (Å²) in [5.74, 6) is -0.268. The van der Waals surface area contributed by atoms with Crippen molar-refractivity contribution in [2.75, 3.05) is 23.3 Å². The Morgan fingerprint density at radius 2 is 2.12 bits per heavy atom. The van der Waals surface area contributed by atoms with E-state index in [0.29, 0.717) is 23.0 Å². The maximum atomic E-state index is 13.6. The van der Waals surface area contributed by atoms with Crippen LogP contribution in [0.1, 0.15) is 18.9 Å². The van der Waals surface area contributed by atoms with Crippen LogP contribution in [0.25, 0.3) is 0 Å². The maximum absolute atomic E-state index is 13.6. The third kappa shape index (κ3) is 3.73. The molecule has 1 atom stereocenters. The Kier molecular flexibility index (Phi) is 5.09. The minimum absolute atomic E-state index is 0.00173. The van der Waals surface area contributed by atoms with Crippen LogP contribution in [-0.2, 0) is 4.79 Å².